The van der Waals surface area contributed by atoms with Gasteiger partial charge < -0.3 is 11.1 Å². The van der Waals surface area contributed by atoms with Gasteiger partial charge in [-0.3, -0.25) is 0 Å². The minimum atomic E-state index is -0.233. The van der Waals surface area contributed by atoms with Crippen molar-refractivity contribution in [2.75, 3.05) is 11.1 Å². The van der Waals surface area contributed by atoms with E-state index in [-0.39, 0.29) is 5.82 Å². The monoisotopic (exact) mass is 342 g/mol. The predicted molar refractivity (Wildman–Crippen MR) is 78.0 cm³/mol. The molecule has 3 N–H and O–H groups in total. The van der Waals surface area contributed by atoms with Gasteiger partial charge in [-0.1, -0.05) is 0 Å². The van der Waals surface area contributed by atoms with E-state index in [1.807, 2.05) is 25.1 Å². The van der Waals surface area contributed by atoms with Crippen molar-refractivity contribution >= 4 is 39.7 Å². The Morgan fingerprint density at radius 2 is 1.94 bits per heavy atom. The highest BCUT2D eigenvalue weighted by Crippen LogP contribution is 2.25. The summed E-state index contributed by atoms with van der Waals surface area (Å²) >= 11 is 2.10. The van der Waals surface area contributed by atoms with Crippen molar-refractivity contribution in [1.82, 2.24) is 0 Å². The smallest absolute Gasteiger partial charge is 0.124 e. The third kappa shape index (κ3) is 3.09. The minimum absolute atomic E-state index is 0.233. The number of nitrogens with two attached hydrogens (primary N) is 1. The lowest BCUT2D eigenvalue weighted by molar-refractivity contribution is 0.627. The maximum absolute atomic E-state index is 13.0. The van der Waals surface area contributed by atoms with E-state index in [1.54, 1.807) is 6.07 Å². The Morgan fingerprint density at radius 1 is 1.18 bits per heavy atom. The van der Waals surface area contributed by atoms with Gasteiger partial charge in [0.1, 0.15) is 5.82 Å². The number of hydrogen-bond acceptors (Lipinski definition) is 2. The van der Waals surface area contributed by atoms with E-state index in [0.29, 0.717) is 5.69 Å². The van der Waals surface area contributed by atoms with E-state index in [4.69, 9.17) is 5.73 Å². The molecule has 0 heterocycles. The van der Waals surface area contributed by atoms with Crippen LogP contribution >= 0.6 is 22.6 Å². The molecule has 88 valence electrons. The molecule has 0 atom stereocenters. The summed E-state index contributed by atoms with van der Waals surface area (Å²) in [4.78, 5) is 0. The lowest BCUT2D eigenvalue weighted by Crippen LogP contribution is -1.96. The van der Waals surface area contributed by atoms with Gasteiger partial charge in [0.15, 0.2) is 0 Å². The standard InChI is InChI=1S/C13H12FIN2/c1-8-4-10(16)7-11(5-8)17-13-3-2-9(14)6-12(13)15/h2-7,17H,16H2,1H3. The molecule has 2 aromatic carbocycles. The van der Waals surface area contributed by atoms with Crippen LogP contribution in [-0.2, 0) is 0 Å². The first-order valence-electron chi connectivity index (χ1n) is 5.14. The van der Waals surface area contributed by atoms with E-state index < -0.39 is 0 Å². The van der Waals surface area contributed by atoms with Crippen LogP contribution in [0.3, 0.4) is 0 Å². The molecule has 0 bridgehead atoms. The highest BCUT2D eigenvalue weighted by Gasteiger charge is 2.02. The van der Waals surface area contributed by atoms with Crippen molar-refractivity contribution in [3.05, 3.63) is 51.3 Å². The minimum Gasteiger partial charge on any atom is -0.399 e. The van der Waals surface area contributed by atoms with Crippen LogP contribution in [0.25, 0.3) is 0 Å². The highest BCUT2D eigenvalue weighted by atomic mass is 127. The molecular weight excluding hydrogens is 330 g/mol. The molecule has 0 fully saturated rings. The van der Waals surface area contributed by atoms with E-state index in [9.17, 15) is 4.39 Å². The van der Waals surface area contributed by atoms with Crippen LogP contribution in [-0.4, -0.2) is 0 Å². The zero-order chi connectivity index (χ0) is 12.4. The Hall–Kier alpha value is -1.30. The number of benzene rings is 2. The van der Waals surface area contributed by atoms with Gasteiger partial charge in [-0.05, 0) is 71.5 Å². The molecule has 0 aliphatic rings. The summed E-state index contributed by atoms with van der Waals surface area (Å²) in [5.74, 6) is -0.233. The van der Waals surface area contributed by atoms with Gasteiger partial charge in [0.05, 0.1) is 5.69 Å². The molecule has 0 unspecified atom stereocenters. The average molecular weight is 342 g/mol. The largest absolute Gasteiger partial charge is 0.399 e. The summed E-state index contributed by atoms with van der Waals surface area (Å²) in [5.41, 5.74) is 9.36. The molecule has 0 saturated carbocycles. The third-order valence-corrected chi connectivity index (χ3v) is 3.20. The number of nitrogen functional groups attached to an aromatic ring is 1. The lowest BCUT2D eigenvalue weighted by atomic mass is 10.2. The van der Waals surface area contributed by atoms with Crippen LogP contribution in [0.1, 0.15) is 5.56 Å². The zero-order valence-corrected chi connectivity index (χ0v) is 11.5. The van der Waals surface area contributed by atoms with Crippen LogP contribution in [0.2, 0.25) is 0 Å². The number of nitrogens with one attached hydrogen (secondary N) is 1. The van der Waals surface area contributed by atoms with Crippen LogP contribution < -0.4 is 11.1 Å². The third-order valence-electron chi connectivity index (χ3n) is 2.31. The predicted octanol–water partition coefficient (Wildman–Crippen LogP) is 4.06. The SMILES string of the molecule is Cc1cc(N)cc(Nc2ccc(F)cc2I)c1. The first-order chi connectivity index (χ1) is 8.04. The van der Waals surface area contributed by atoms with Gasteiger partial charge in [0.2, 0.25) is 0 Å². The van der Waals surface area contributed by atoms with Crippen molar-refractivity contribution < 1.29 is 4.39 Å². The van der Waals surface area contributed by atoms with E-state index in [0.717, 1.165) is 20.5 Å². The molecule has 2 aromatic rings. The van der Waals surface area contributed by atoms with Crippen molar-refractivity contribution in [3.63, 3.8) is 0 Å². The molecule has 4 heteroatoms. The molecule has 0 aromatic heterocycles. The summed E-state index contributed by atoms with van der Waals surface area (Å²) in [6.07, 6.45) is 0. The molecule has 0 radical (unpaired) electrons. The normalized spacial score (nSPS) is 10.3. The molecule has 0 saturated heterocycles. The summed E-state index contributed by atoms with van der Waals surface area (Å²) in [5, 5.41) is 3.23. The highest BCUT2D eigenvalue weighted by molar-refractivity contribution is 14.1. The van der Waals surface area contributed by atoms with Crippen molar-refractivity contribution in [3.8, 4) is 0 Å². The maximum Gasteiger partial charge on any atom is 0.124 e. The number of aryl methyl sites for hydroxylation is 1. The van der Waals surface area contributed by atoms with Crippen molar-refractivity contribution in [2.24, 2.45) is 0 Å². The van der Waals surface area contributed by atoms with Gasteiger partial charge in [0, 0.05) is 14.9 Å². The van der Waals surface area contributed by atoms with E-state index >= 15 is 0 Å². The van der Waals surface area contributed by atoms with Gasteiger partial charge in [-0.2, -0.15) is 0 Å². The quantitative estimate of drug-likeness (QED) is 0.638. The molecule has 2 nitrogen and oxygen atoms in total. The van der Waals surface area contributed by atoms with E-state index in [1.165, 1.54) is 12.1 Å². The maximum atomic E-state index is 13.0. The van der Waals surface area contributed by atoms with Crippen molar-refractivity contribution in [2.45, 2.75) is 6.92 Å². The second-order valence-corrected chi connectivity index (χ2v) is 5.04. The molecule has 17 heavy (non-hydrogen) atoms. The van der Waals surface area contributed by atoms with Crippen molar-refractivity contribution in [1.29, 1.82) is 0 Å². The topological polar surface area (TPSA) is 38.0 Å². The summed E-state index contributed by atoms with van der Waals surface area (Å²) < 4.78 is 13.8. The van der Waals surface area contributed by atoms with Crippen LogP contribution in [0, 0.1) is 16.3 Å². The Balaban J connectivity index is 2.31. The van der Waals surface area contributed by atoms with Crippen LogP contribution in [0.4, 0.5) is 21.5 Å². The molecule has 0 amide bonds. The Bertz CT molecular complexity index is 535. The number of hydrogen-bond donors (Lipinski definition) is 2. The molecule has 0 aliphatic carbocycles. The fraction of sp³-hybridized carbons (Fsp3) is 0.0769. The van der Waals surface area contributed by atoms with Gasteiger partial charge in [0.25, 0.3) is 0 Å². The average Bonchev–Trinajstić information content (AvgIpc) is 2.21. The molecule has 2 rings (SSSR count). The lowest BCUT2D eigenvalue weighted by Gasteiger charge is -2.10. The molecule has 0 spiro atoms. The number of rotatable bonds is 2. The Morgan fingerprint density at radius 3 is 2.59 bits per heavy atom. The molecular formula is C13H12FIN2. The number of anilines is 3. The van der Waals surface area contributed by atoms with Gasteiger partial charge >= 0.3 is 0 Å². The fourth-order valence-corrected chi connectivity index (χ4v) is 2.24. The first-order valence-corrected chi connectivity index (χ1v) is 6.22. The van der Waals surface area contributed by atoms with Gasteiger partial charge in [-0.15, -0.1) is 0 Å². The summed E-state index contributed by atoms with van der Waals surface area (Å²) in [6, 6.07) is 10.4. The second-order valence-electron chi connectivity index (χ2n) is 3.88. The Kier molecular flexibility index (Phi) is 3.51. The van der Waals surface area contributed by atoms with Crippen LogP contribution in [0.5, 0.6) is 0 Å². The van der Waals surface area contributed by atoms with Crippen LogP contribution in [0.15, 0.2) is 36.4 Å². The second kappa shape index (κ2) is 4.91. The summed E-state index contributed by atoms with van der Waals surface area (Å²) in [6.45, 7) is 1.98. The summed E-state index contributed by atoms with van der Waals surface area (Å²) in [7, 11) is 0. The first kappa shape index (κ1) is 12.2. The zero-order valence-electron chi connectivity index (χ0n) is 9.30. The number of halogens is 2. The van der Waals surface area contributed by atoms with Gasteiger partial charge in [-0.25, -0.2) is 4.39 Å². The Labute approximate surface area is 113 Å². The van der Waals surface area contributed by atoms with E-state index in [2.05, 4.69) is 27.9 Å². The fourth-order valence-electron chi connectivity index (χ4n) is 1.63. The molecule has 0 aliphatic heterocycles.